The molecule has 0 radical (unpaired) electrons. The molecule has 1 aromatic rings. The summed E-state index contributed by atoms with van der Waals surface area (Å²) in [5, 5.41) is 57.7. The molecular weight excluding hydrogens is 1750 g/mol. The SMILES string of the molecule is CC[C@@H]1NC(=O)C([C@H](O)[C@H](C)C/C=N/OCC(=O)NCCCC(=O)NCCCCNC(=O)CCS(=O)(=O)c2nnnn2CCCCCNC(=O)CCCC[C@@H]2SC[C@@H]3NC(=O)N[C@@H]32)NC(=O)[C@H](C(C)C)N(C)C(=O)[C@H](CC(C)C)N(C)C(=O)[C@H](CC(C)C)N(C)C(=O)[C@@H](C)NC(=O)[C@H](C)NC(=O)[C@H](CC(C)C)N(C)C(=O)[C@H](C(C)C)NC(=O)[C@H](CC(C)C)N(C)C(=O)CN(C)C1=O. The van der Waals surface area contributed by atoms with E-state index in [2.05, 4.69) is 79.2 Å². The molecule has 0 saturated carbocycles. The minimum absolute atomic E-state index is 0.0342. The van der Waals surface area contributed by atoms with Crippen LogP contribution < -0.4 is 58.5 Å². The maximum atomic E-state index is 15.3. The number of carbonyl (C=O) groups excluding carboxylic acids is 16. The van der Waals surface area contributed by atoms with Gasteiger partial charge < -0.3 is 97.8 Å². The molecular formula is C88H154N22O20S2. The molecule has 1 unspecified atom stereocenters. The van der Waals surface area contributed by atoms with Gasteiger partial charge in [0, 0.05) is 111 Å². The highest BCUT2D eigenvalue weighted by molar-refractivity contribution is 8.00. The molecule has 3 aliphatic heterocycles. The van der Waals surface area contributed by atoms with Crippen molar-refractivity contribution in [1.82, 2.24) is 108 Å². The molecule has 15 atom stereocenters. The molecule has 17 amide bonds. The fraction of sp³-hybridized carbons (Fsp3) is 0.795. The average Bonchev–Trinajstić information content (AvgIpc) is 1.65. The Hall–Kier alpha value is -9.88. The summed E-state index contributed by atoms with van der Waals surface area (Å²) < 4.78 is 27.6. The number of likely N-dealkylation sites (N-methyl/N-ethyl adjacent to an activating group) is 6. The molecule has 748 valence electrons. The van der Waals surface area contributed by atoms with Gasteiger partial charge in [0.25, 0.3) is 11.1 Å². The molecule has 3 saturated heterocycles. The van der Waals surface area contributed by atoms with Gasteiger partial charge in [0.1, 0.15) is 60.4 Å². The average molecular weight is 1900 g/mol. The molecule has 44 heteroatoms. The number of thioether (sulfide) groups is 1. The highest BCUT2D eigenvalue weighted by Crippen LogP contribution is 2.34. The Morgan fingerprint density at radius 3 is 1.59 bits per heavy atom. The molecule has 0 spiro atoms. The number of aromatic nitrogens is 4. The first-order valence-corrected chi connectivity index (χ1v) is 49.3. The topological polar surface area (TPSA) is 544 Å². The standard InChI is InChI=1S/C88H154N22O20S2/c1-23-60-83(123)104(17)48-71(115)105(18)62(44-51(2)3)79(119)98-72(55(10)11)86(126)106(19)63(45-52(4)5)78(118)94-58(15)77(117)95-59(16)82(122)107(20)64(46-53(6)7)84(124)108(21)65(47-54(8)9)85(125)109(22)75(56(12)13)81(121)99-74(80(120)96-60)76(116)57(14)35-41-93-130-49-70(114)92-40-31-34-68(112)90-38-28-29-39-91-69(113)36-43-132(128,129)88-101-102-103-110(88)42-30-24-27-37-89-67(111)33-26-25-32-66-73-61(50-131-66)97-87(127)100-73/h41,51-66,72-76,116H,23-40,42-50H2,1-22H3,(H,89,111)(H,90,112)(H,91,113)(H,92,114)(H,94,118)(H,95,117)(H,96,120)(H,98,119)(H,99,121)(H2,97,100,127)/b93-41+/t57-,58+,59-,60+,61+,62+,63+,64+,65+,66+,72+,73+,74?,75+,76-/m1/s1. The number of sulfone groups is 1. The molecule has 132 heavy (non-hydrogen) atoms. The molecule has 3 aliphatic rings. The van der Waals surface area contributed by atoms with Crippen molar-refractivity contribution in [2.45, 2.75) is 322 Å². The van der Waals surface area contributed by atoms with E-state index in [0.29, 0.717) is 50.3 Å². The van der Waals surface area contributed by atoms with Gasteiger partial charge in [-0.2, -0.15) is 11.8 Å². The van der Waals surface area contributed by atoms with E-state index < -0.39 is 190 Å². The van der Waals surface area contributed by atoms with Crippen LogP contribution >= 0.6 is 11.8 Å². The van der Waals surface area contributed by atoms with Crippen molar-refractivity contribution in [2.75, 3.05) is 93.1 Å². The van der Waals surface area contributed by atoms with E-state index >= 15 is 14.4 Å². The molecule has 0 aliphatic carbocycles. The van der Waals surface area contributed by atoms with Crippen LogP contribution in [0.4, 0.5) is 4.79 Å². The second-order valence-electron chi connectivity index (χ2n) is 37.6. The summed E-state index contributed by atoms with van der Waals surface area (Å²) in [4.78, 5) is 236. The number of nitrogens with zero attached hydrogens (tertiary/aromatic N) is 11. The molecule has 0 aromatic carbocycles. The van der Waals surface area contributed by atoms with E-state index in [4.69, 9.17) is 4.84 Å². The van der Waals surface area contributed by atoms with Crippen LogP contribution in [-0.4, -0.2) is 341 Å². The predicted octanol–water partition coefficient (Wildman–Crippen LogP) is 1.12. The van der Waals surface area contributed by atoms with Gasteiger partial charge in [0.2, 0.25) is 92.5 Å². The lowest BCUT2D eigenvalue weighted by atomic mass is 9.93. The molecule has 42 nitrogen and oxygen atoms in total. The molecule has 0 bridgehead atoms. The number of amides is 17. The van der Waals surface area contributed by atoms with Crippen molar-refractivity contribution in [3.63, 3.8) is 0 Å². The second-order valence-corrected chi connectivity index (χ2v) is 40.8. The summed E-state index contributed by atoms with van der Waals surface area (Å²) in [5.41, 5.74) is 0. The zero-order valence-electron chi connectivity index (χ0n) is 81.7. The minimum Gasteiger partial charge on any atom is -0.390 e. The zero-order valence-corrected chi connectivity index (χ0v) is 83.4. The van der Waals surface area contributed by atoms with Crippen LogP contribution in [0.3, 0.4) is 0 Å². The third-order valence-electron chi connectivity index (χ3n) is 23.7. The first-order valence-electron chi connectivity index (χ1n) is 46.6. The predicted molar refractivity (Wildman–Crippen MR) is 496 cm³/mol. The highest BCUT2D eigenvalue weighted by Gasteiger charge is 2.46. The molecule has 4 heterocycles. The largest absolute Gasteiger partial charge is 0.390 e. The normalized spacial score (nSPS) is 24.0. The van der Waals surface area contributed by atoms with Gasteiger partial charge in [-0.1, -0.05) is 114 Å². The van der Waals surface area contributed by atoms with Gasteiger partial charge in [-0.25, -0.2) is 17.9 Å². The van der Waals surface area contributed by atoms with Crippen LogP contribution in [0.2, 0.25) is 0 Å². The van der Waals surface area contributed by atoms with Crippen molar-refractivity contribution in [1.29, 1.82) is 0 Å². The van der Waals surface area contributed by atoms with E-state index in [9.17, 15) is 75.9 Å². The number of carbonyl (C=O) groups is 16. The second kappa shape index (κ2) is 56.3. The molecule has 4 rings (SSSR count). The van der Waals surface area contributed by atoms with Crippen molar-refractivity contribution >= 4 is 122 Å². The Kier molecular flexibility index (Phi) is 48.8. The molecule has 1 aromatic heterocycles. The minimum atomic E-state index is -4.02. The monoisotopic (exact) mass is 1900 g/mol. The van der Waals surface area contributed by atoms with Crippen molar-refractivity contribution in [3.05, 3.63) is 0 Å². The first kappa shape index (κ1) is 114. The Labute approximate surface area is 783 Å². The molecule has 12 N–H and O–H groups in total. The van der Waals surface area contributed by atoms with Crippen molar-refractivity contribution < 1.29 is 95.1 Å². The number of aliphatic hydroxyl groups excluding tert-OH is 1. The maximum Gasteiger partial charge on any atom is 0.315 e. The third-order valence-corrected chi connectivity index (χ3v) is 26.8. The number of hydrogen-bond acceptors (Lipinski definition) is 25. The lowest BCUT2D eigenvalue weighted by molar-refractivity contribution is -0.154. The number of tetrazole rings is 1. The van der Waals surface area contributed by atoms with Gasteiger partial charge in [-0.05, 0) is 156 Å². The number of nitrogens with one attached hydrogen (secondary N) is 11. The fourth-order valence-electron chi connectivity index (χ4n) is 15.8. The van der Waals surface area contributed by atoms with Crippen LogP contribution in [-0.2, 0) is 93.1 Å². The summed E-state index contributed by atoms with van der Waals surface area (Å²) in [7, 11) is 4.24. The van der Waals surface area contributed by atoms with E-state index in [-0.39, 0.29) is 143 Å². The summed E-state index contributed by atoms with van der Waals surface area (Å²) >= 11 is 1.84. The number of fused-ring (bicyclic) bond motifs is 1. The maximum absolute atomic E-state index is 15.3. The number of aryl methyl sites for hydroxylation is 1. The Balaban J connectivity index is 1.41. The van der Waals surface area contributed by atoms with Crippen molar-refractivity contribution in [2.24, 2.45) is 46.6 Å². The first-order chi connectivity index (χ1) is 62.0. The smallest absolute Gasteiger partial charge is 0.315 e. The van der Waals surface area contributed by atoms with Crippen LogP contribution in [0.5, 0.6) is 0 Å². The van der Waals surface area contributed by atoms with E-state index in [1.54, 1.807) is 34.6 Å². The summed E-state index contributed by atoms with van der Waals surface area (Å²) in [6.07, 6.45) is 5.35. The number of urea groups is 1. The van der Waals surface area contributed by atoms with E-state index in [0.717, 1.165) is 39.7 Å². The Bertz CT molecular complexity index is 4150. The van der Waals surface area contributed by atoms with Gasteiger partial charge in [0.15, 0.2) is 6.61 Å². The van der Waals surface area contributed by atoms with Gasteiger partial charge in [0.05, 0.1) is 30.5 Å². The van der Waals surface area contributed by atoms with Gasteiger partial charge in [-0.3, -0.25) is 71.9 Å². The van der Waals surface area contributed by atoms with Crippen LogP contribution in [0.1, 0.15) is 226 Å². The molecule has 3 fully saturated rings. The van der Waals surface area contributed by atoms with Crippen molar-refractivity contribution in [3.8, 4) is 0 Å². The lowest BCUT2D eigenvalue weighted by Crippen LogP contribution is -2.63. The van der Waals surface area contributed by atoms with E-state index in [1.165, 1.54) is 88.7 Å². The Morgan fingerprint density at radius 1 is 0.523 bits per heavy atom. The van der Waals surface area contributed by atoms with Gasteiger partial charge >= 0.3 is 6.03 Å². The zero-order chi connectivity index (χ0) is 99.3. The quantitative estimate of drug-likeness (QED) is 0.0189. The highest BCUT2D eigenvalue weighted by atomic mass is 32.2. The number of unbranched alkanes of at least 4 members (excludes halogenated alkanes) is 4. The summed E-state index contributed by atoms with van der Waals surface area (Å²) in [5.74, 6) is -12.5. The number of aliphatic hydroxyl groups is 1. The fourth-order valence-corrected chi connectivity index (χ4v) is 18.6. The number of rotatable bonds is 42. The van der Waals surface area contributed by atoms with E-state index in [1.807, 2.05) is 67.2 Å². The summed E-state index contributed by atoms with van der Waals surface area (Å²) in [6.45, 7) is 27.3. The summed E-state index contributed by atoms with van der Waals surface area (Å²) in [6, 6.07) is -13.2. The van der Waals surface area contributed by atoms with Crippen LogP contribution in [0.25, 0.3) is 0 Å². The number of hydrogen-bond donors (Lipinski definition) is 12. The van der Waals surface area contributed by atoms with Crippen LogP contribution in [0.15, 0.2) is 10.3 Å². The lowest BCUT2D eigenvalue weighted by Gasteiger charge is -2.40. The van der Waals surface area contributed by atoms with Crippen LogP contribution in [0, 0.1) is 41.4 Å². The van der Waals surface area contributed by atoms with Gasteiger partial charge in [-0.15, -0.1) is 0 Å². The number of oxime groups is 1. The third kappa shape index (κ3) is 36.8. The Morgan fingerprint density at radius 2 is 1.02 bits per heavy atom.